The smallest absolute Gasteiger partial charge is 0.224 e. The van der Waals surface area contributed by atoms with Gasteiger partial charge in [-0.3, -0.25) is 14.4 Å². The third kappa shape index (κ3) is 9.89. The van der Waals surface area contributed by atoms with E-state index in [1.54, 1.807) is 11.8 Å². The molecule has 3 rings (SSSR count). The number of rotatable bonds is 15. The summed E-state index contributed by atoms with van der Waals surface area (Å²) < 4.78 is -0.0250. The lowest BCUT2D eigenvalue weighted by Crippen LogP contribution is -2.54. The van der Waals surface area contributed by atoms with Crippen molar-refractivity contribution in [2.75, 3.05) is 5.75 Å². The van der Waals surface area contributed by atoms with E-state index in [9.17, 15) is 14.4 Å². The molecule has 3 aromatic rings. The normalized spacial score (nSPS) is 14.1. The topological polar surface area (TPSA) is 105 Å². The van der Waals surface area contributed by atoms with Gasteiger partial charge in [0.2, 0.25) is 5.91 Å². The first-order valence-electron chi connectivity index (χ1n) is 14.6. The molecule has 0 aliphatic rings. The maximum atomic E-state index is 14.0. The van der Waals surface area contributed by atoms with Crippen LogP contribution in [0.1, 0.15) is 65.1 Å². The molecule has 1 amide bonds. The largest absolute Gasteiger partial charge is 0.358 e. The van der Waals surface area contributed by atoms with E-state index in [2.05, 4.69) is 37.0 Å². The van der Waals surface area contributed by atoms with Crippen LogP contribution >= 0.6 is 11.8 Å². The minimum absolute atomic E-state index is 0.00609. The van der Waals surface area contributed by atoms with Crippen molar-refractivity contribution in [1.29, 1.82) is 0 Å². The maximum absolute atomic E-state index is 14.0. The predicted octanol–water partition coefficient (Wildman–Crippen LogP) is 5.88. The number of benzene rings is 2. The Morgan fingerprint density at radius 3 is 2.29 bits per heavy atom. The van der Waals surface area contributed by atoms with E-state index in [1.165, 1.54) is 0 Å². The van der Waals surface area contributed by atoms with Gasteiger partial charge in [0.05, 0.1) is 12.0 Å². The molecule has 1 aromatic heterocycles. The summed E-state index contributed by atoms with van der Waals surface area (Å²) in [5, 5.41) is 4.21. The van der Waals surface area contributed by atoms with Crippen LogP contribution in [-0.4, -0.2) is 44.5 Å². The Kier molecular flexibility index (Phi) is 11.6. The minimum atomic E-state index is -0.884. The van der Waals surface area contributed by atoms with E-state index in [1.807, 2.05) is 74.5 Å². The Balaban J connectivity index is 1.85. The fourth-order valence-corrected chi connectivity index (χ4v) is 5.96. The third-order valence-electron chi connectivity index (χ3n) is 7.48. The number of thioether (sulfide) groups is 1. The van der Waals surface area contributed by atoms with Gasteiger partial charge in [0.1, 0.15) is 5.78 Å². The number of fused-ring (bicyclic) bond motifs is 1. The lowest BCUT2D eigenvalue weighted by molar-refractivity contribution is -0.133. The molecular weight excluding hydrogens is 542 g/mol. The van der Waals surface area contributed by atoms with Gasteiger partial charge in [-0.15, -0.1) is 12.3 Å². The van der Waals surface area contributed by atoms with Gasteiger partial charge in [0, 0.05) is 52.4 Å². The number of ketones is 2. The highest BCUT2D eigenvalue weighted by molar-refractivity contribution is 8.00. The van der Waals surface area contributed by atoms with Gasteiger partial charge in [-0.1, -0.05) is 69.3 Å². The Bertz CT molecular complexity index is 1370. The van der Waals surface area contributed by atoms with Crippen LogP contribution < -0.4 is 11.1 Å². The highest BCUT2D eigenvalue weighted by Crippen LogP contribution is 2.28. The predicted molar refractivity (Wildman–Crippen MR) is 174 cm³/mol. The second-order valence-corrected chi connectivity index (χ2v) is 14.5. The lowest BCUT2D eigenvalue weighted by Gasteiger charge is -2.36. The van der Waals surface area contributed by atoms with Gasteiger partial charge >= 0.3 is 0 Å². The molecular formula is C35H45N3O3S. The minimum Gasteiger partial charge on any atom is -0.358 e. The van der Waals surface area contributed by atoms with Crippen LogP contribution in [-0.2, 0) is 27.2 Å². The standard InChI is InChI=1S/C35H45N3O3S/c1-7-8-18-31(39)28(19-24-14-10-9-11-15-24)35(5,6)38-33(41)26(22-32(40)29(36)23-42-34(2,3)4)21-27-20-25-16-12-13-17-30(25)37-27/h1,9-17,20,26,28-29,37H,8,18-19,21-23,36H2,2-6H3,(H,38,41)/t26-,28+,29+/m1/s1. The van der Waals surface area contributed by atoms with Gasteiger partial charge in [0.15, 0.2) is 5.78 Å². The van der Waals surface area contributed by atoms with Crippen molar-refractivity contribution in [3.05, 3.63) is 71.9 Å². The summed E-state index contributed by atoms with van der Waals surface area (Å²) in [6, 6.07) is 19.0. The molecule has 0 unspecified atom stereocenters. The van der Waals surface area contributed by atoms with Gasteiger partial charge in [-0.05, 0) is 49.8 Å². The van der Waals surface area contributed by atoms with Crippen LogP contribution in [0.4, 0.5) is 0 Å². The van der Waals surface area contributed by atoms with Gasteiger partial charge < -0.3 is 16.0 Å². The molecule has 4 N–H and O–H groups in total. The van der Waals surface area contributed by atoms with E-state index in [4.69, 9.17) is 12.2 Å². The van der Waals surface area contributed by atoms with Crippen molar-refractivity contribution in [2.45, 2.75) is 83.1 Å². The summed E-state index contributed by atoms with van der Waals surface area (Å²) in [5.41, 5.74) is 8.26. The van der Waals surface area contributed by atoms with E-state index >= 15 is 0 Å². The first kappa shape index (κ1) is 33.2. The van der Waals surface area contributed by atoms with Gasteiger partial charge in [-0.2, -0.15) is 11.8 Å². The summed E-state index contributed by atoms with van der Waals surface area (Å²) in [6.45, 7) is 10.00. The maximum Gasteiger partial charge on any atom is 0.224 e. The van der Waals surface area contributed by atoms with E-state index in [-0.39, 0.29) is 35.1 Å². The summed E-state index contributed by atoms with van der Waals surface area (Å²) in [5.74, 6) is 1.47. The van der Waals surface area contributed by atoms with E-state index in [0.29, 0.717) is 25.0 Å². The Labute approximate surface area is 255 Å². The second kappa shape index (κ2) is 14.7. The number of H-pyrrole nitrogens is 1. The van der Waals surface area contributed by atoms with Crippen molar-refractivity contribution in [3.63, 3.8) is 0 Å². The number of carbonyl (C=O) groups is 3. The average molecular weight is 588 g/mol. The van der Waals surface area contributed by atoms with Crippen molar-refractivity contribution in [2.24, 2.45) is 17.6 Å². The molecule has 2 aromatic carbocycles. The second-order valence-electron chi connectivity index (χ2n) is 12.6. The Morgan fingerprint density at radius 1 is 0.976 bits per heavy atom. The molecule has 0 saturated heterocycles. The number of para-hydroxylation sites is 1. The molecule has 0 aliphatic carbocycles. The van der Waals surface area contributed by atoms with Crippen molar-refractivity contribution < 1.29 is 14.4 Å². The number of aromatic amines is 1. The molecule has 1 heterocycles. The molecule has 0 spiro atoms. The number of terminal acetylenes is 1. The lowest BCUT2D eigenvalue weighted by atomic mass is 9.78. The zero-order chi connectivity index (χ0) is 30.9. The van der Waals surface area contributed by atoms with Crippen molar-refractivity contribution >= 4 is 40.1 Å². The van der Waals surface area contributed by atoms with E-state index < -0.39 is 23.4 Å². The fourth-order valence-electron chi connectivity index (χ4n) is 5.09. The van der Waals surface area contributed by atoms with Crippen molar-refractivity contribution in [1.82, 2.24) is 10.3 Å². The summed E-state index contributed by atoms with van der Waals surface area (Å²) in [6.07, 6.45) is 6.87. The number of hydrogen-bond acceptors (Lipinski definition) is 5. The van der Waals surface area contributed by atoms with Crippen LogP contribution in [0, 0.1) is 24.2 Å². The molecule has 0 radical (unpaired) electrons. The summed E-state index contributed by atoms with van der Waals surface area (Å²) in [4.78, 5) is 44.1. The number of Topliss-reactive ketones (excluding diaryl/α,β-unsaturated/α-hetero) is 2. The van der Waals surface area contributed by atoms with Crippen LogP contribution in [0.5, 0.6) is 0 Å². The first-order chi connectivity index (χ1) is 19.8. The number of nitrogens with two attached hydrogens (primary N) is 1. The van der Waals surface area contributed by atoms with Crippen LogP contribution in [0.3, 0.4) is 0 Å². The SMILES string of the molecule is C#CCCC(=O)[C@H](Cc1ccccc1)C(C)(C)NC(=O)[C@@H](CC(=O)[C@@H](N)CSC(C)(C)C)Cc1cc2ccccc2[nH]1. The number of hydrogen-bond donors (Lipinski definition) is 3. The quantitative estimate of drug-likeness (QED) is 0.193. The first-order valence-corrected chi connectivity index (χ1v) is 15.6. The zero-order valence-electron chi connectivity index (χ0n) is 25.5. The molecule has 0 aliphatic heterocycles. The van der Waals surface area contributed by atoms with Crippen LogP contribution in [0.2, 0.25) is 0 Å². The average Bonchev–Trinajstić information content (AvgIpc) is 3.35. The highest BCUT2D eigenvalue weighted by Gasteiger charge is 2.38. The molecule has 0 bridgehead atoms. The third-order valence-corrected chi connectivity index (χ3v) is 8.88. The fraction of sp³-hybridized carbons (Fsp3) is 0.457. The Morgan fingerprint density at radius 2 is 1.64 bits per heavy atom. The summed E-state index contributed by atoms with van der Waals surface area (Å²) in [7, 11) is 0. The summed E-state index contributed by atoms with van der Waals surface area (Å²) >= 11 is 1.63. The molecule has 0 fully saturated rings. The number of nitrogens with one attached hydrogen (secondary N) is 2. The molecule has 224 valence electrons. The van der Waals surface area contributed by atoms with Crippen molar-refractivity contribution in [3.8, 4) is 12.3 Å². The zero-order valence-corrected chi connectivity index (χ0v) is 26.4. The molecule has 0 saturated carbocycles. The molecule has 3 atom stereocenters. The van der Waals surface area contributed by atoms with Gasteiger partial charge in [-0.25, -0.2) is 0 Å². The Hall–Kier alpha value is -3.34. The van der Waals surface area contributed by atoms with E-state index in [0.717, 1.165) is 22.2 Å². The van der Waals surface area contributed by atoms with Gasteiger partial charge in [0.25, 0.3) is 0 Å². The molecule has 6 nitrogen and oxygen atoms in total. The number of amides is 1. The monoisotopic (exact) mass is 587 g/mol. The molecule has 42 heavy (non-hydrogen) atoms. The molecule has 7 heteroatoms. The number of carbonyl (C=O) groups excluding carboxylic acids is 3. The highest BCUT2D eigenvalue weighted by atomic mass is 32.2. The number of aromatic nitrogens is 1. The van der Waals surface area contributed by atoms with Crippen LogP contribution in [0.15, 0.2) is 60.7 Å². The van der Waals surface area contributed by atoms with Crippen LogP contribution in [0.25, 0.3) is 10.9 Å².